The number of aliphatic carboxylic acids is 1. The van der Waals surface area contributed by atoms with E-state index in [-0.39, 0.29) is 11.7 Å². The van der Waals surface area contributed by atoms with E-state index in [1.807, 2.05) is 0 Å². The molecule has 1 aliphatic rings. The lowest BCUT2D eigenvalue weighted by Crippen LogP contribution is -2.45. The minimum Gasteiger partial charge on any atom is -0.480 e. The van der Waals surface area contributed by atoms with Gasteiger partial charge < -0.3 is 10.4 Å². The van der Waals surface area contributed by atoms with Crippen molar-refractivity contribution in [2.45, 2.75) is 31.7 Å². The van der Waals surface area contributed by atoms with Crippen LogP contribution in [0.4, 0.5) is 4.39 Å². The van der Waals surface area contributed by atoms with E-state index in [4.69, 9.17) is 5.11 Å². The summed E-state index contributed by atoms with van der Waals surface area (Å²) < 4.78 is 13.0. The molecule has 2 rings (SSSR count). The Bertz CT molecular complexity index is 511. The first-order chi connectivity index (χ1) is 8.93. The summed E-state index contributed by atoms with van der Waals surface area (Å²) >= 11 is 0. The Morgan fingerprint density at radius 3 is 2.68 bits per heavy atom. The summed E-state index contributed by atoms with van der Waals surface area (Å²) in [5, 5.41) is 11.6. The Balaban J connectivity index is 1.95. The van der Waals surface area contributed by atoms with Gasteiger partial charge in [0.15, 0.2) is 0 Å². The van der Waals surface area contributed by atoms with E-state index >= 15 is 0 Å². The molecule has 1 aromatic carbocycles. The molecule has 0 heterocycles. The zero-order valence-corrected chi connectivity index (χ0v) is 10.6. The van der Waals surface area contributed by atoms with Gasteiger partial charge in [0.05, 0.1) is 0 Å². The summed E-state index contributed by atoms with van der Waals surface area (Å²) in [4.78, 5) is 22.9. The number of carbonyl (C=O) groups excluding carboxylic acids is 1. The van der Waals surface area contributed by atoms with Gasteiger partial charge in [-0.25, -0.2) is 9.18 Å². The van der Waals surface area contributed by atoms with E-state index in [2.05, 4.69) is 5.32 Å². The van der Waals surface area contributed by atoms with Crippen LogP contribution in [0.3, 0.4) is 0 Å². The van der Waals surface area contributed by atoms with Crippen LogP contribution in [-0.2, 0) is 16.0 Å². The lowest BCUT2D eigenvalue weighted by atomic mass is 10.00. The van der Waals surface area contributed by atoms with Crippen molar-refractivity contribution in [1.29, 1.82) is 0 Å². The maximum absolute atomic E-state index is 13.0. The summed E-state index contributed by atoms with van der Waals surface area (Å²) in [5.41, 5.74) is -0.337. The third-order valence-electron chi connectivity index (χ3n) is 3.40. The molecule has 19 heavy (non-hydrogen) atoms. The first kappa shape index (κ1) is 13.5. The van der Waals surface area contributed by atoms with Crippen molar-refractivity contribution in [3.63, 3.8) is 0 Å². The molecule has 4 nitrogen and oxygen atoms in total. The molecular formula is C14H16FNO3. The number of amides is 1. The van der Waals surface area contributed by atoms with Crippen molar-refractivity contribution in [1.82, 2.24) is 5.32 Å². The molecule has 1 atom stereocenters. The van der Waals surface area contributed by atoms with E-state index < -0.39 is 17.4 Å². The van der Waals surface area contributed by atoms with Crippen LogP contribution in [0.1, 0.15) is 25.3 Å². The first-order valence-electron chi connectivity index (χ1n) is 6.23. The highest BCUT2D eigenvalue weighted by atomic mass is 19.1. The van der Waals surface area contributed by atoms with Gasteiger partial charge >= 0.3 is 5.97 Å². The van der Waals surface area contributed by atoms with Crippen LogP contribution < -0.4 is 5.32 Å². The Kier molecular flexibility index (Phi) is 3.55. The van der Waals surface area contributed by atoms with Crippen LogP contribution in [0, 0.1) is 11.7 Å². The topological polar surface area (TPSA) is 66.4 Å². The molecule has 0 saturated heterocycles. The Morgan fingerprint density at radius 2 is 2.16 bits per heavy atom. The van der Waals surface area contributed by atoms with Gasteiger partial charge in [-0.1, -0.05) is 19.1 Å². The summed E-state index contributed by atoms with van der Waals surface area (Å²) in [7, 11) is 0. The highest BCUT2D eigenvalue weighted by Crippen LogP contribution is 2.35. The fourth-order valence-corrected chi connectivity index (χ4v) is 1.99. The van der Waals surface area contributed by atoms with Gasteiger partial charge in [-0.15, -0.1) is 0 Å². The van der Waals surface area contributed by atoms with Crippen LogP contribution >= 0.6 is 0 Å². The molecule has 0 bridgehead atoms. The van der Waals surface area contributed by atoms with Gasteiger partial charge in [-0.05, 0) is 37.0 Å². The second-order valence-corrected chi connectivity index (χ2v) is 5.11. The Hall–Kier alpha value is -1.91. The molecule has 5 heteroatoms. The van der Waals surface area contributed by atoms with Gasteiger partial charge in [0.25, 0.3) is 0 Å². The zero-order valence-electron chi connectivity index (χ0n) is 10.6. The quantitative estimate of drug-likeness (QED) is 0.852. The van der Waals surface area contributed by atoms with Gasteiger partial charge in [-0.2, -0.15) is 0 Å². The minimum atomic E-state index is -1.06. The highest BCUT2D eigenvalue weighted by Gasteiger charge is 2.51. The second kappa shape index (κ2) is 4.99. The summed E-state index contributed by atoms with van der Waals surface area (Å²) in [6.07, 6.45) is 1.33. The zero-order chi connectivity index (χ0) is 14.0. The van der Waals surface area contributed by atoms with Crippen molar-refractivity contribution in [3.05, 3.63) is 35.6 Å². The molecule has 0 aromatic heterocycles. The van der Waals surface area contributed by atoms with Gasteiger partial charge in [0.1, 0.15) is 11.4 Å². The monoisotopic (exact) mass is 265 g/mol. The van der Waals surface area contributed by atoms with E-state index in [1.165, 1.54) is 12.1 Å². The molecule has 1 fully saturated rings. The maximum atomic E-state index is 13.0. The smallest absolute Gasteiger partial charge is 0.329 e. The number of carboxylic acid groups (broad SMARTS) is 1. The third kappa shape index (κ3) is 3.10. The van der Waals surface area contributed by atoms with Crippen LogP contribution in [0.5, 0.6) is 0 Å². The number of carbonyl (C=O) groups is 2. The Labute approximate surface area is 110 Å². The molecule has 0 radical (unpaired) electrons. The second-order valence-electron chi connectivity index (χ2n) is 5.11. The molecule has 1 saturated carbocycles. The molecule has 0 spiro atoms. The van der Waals surface area contributed by atoms with E-state index in [0.29, 0.717) is 19.3 Å². The first-order valence-corrected chi connectivity index (χ1v) is 6.23. The molecule has 1 aliphatic carbocycles. The number of halogens is 1. The average molecular weight is 265 g/mol. The Morgan fingerprint density at radius 1 is 1.47 bits per heavy atom. The van der Waals surface area contributed by atoms with Crippen LogP contribution in [0.15, 0.2) is 24.3 Å². The number of carboxylic acids is 1. The molecular weight excluding hydrogens is 249 g/mol. The number of nitrogens with one attached hydrogen (secondary N) is 1. The minimum absolute atomic E-state index is 0.302. The van der Waals surface area contributed by atoms with E-state index in [1.54, 1.807) is 19.1 Å². The number of hydrogen-bond acceptors (Lipinski definition) is 2. The summed E-state index contributed by atoms with van der Waals surface area (Å²) in [5.74, 6) is -2.02. The van der Waals surface area contributed by atoms with Crippen molar-refractivity contribution in [3.8, 4) is 0 Å². The third-order valence-corrected chi connectivity index (χ3v) is 3.40. The average Bonchev–Trinajstić information content (AvgIpc) is 3.10. The van der Waals surface area contributed by atoms with E-state index in [0.717, 1.165) is 5.56 Å². The van der Waals surface area contributed by atoms with Crippen molar-refractivity contribution in [2.24, 2.45) is 5.92 Å². The molecule has 1 unspecified atom stereocenters. The normalized spacial score (nSPS) is 17.6. The standard InChI is InChI=1S/C14H16FNO3/c1-9(7-10-3-2-4-11(15)8-10)12(17)16-14(5-6-14)13(18)19/h2-4,8-9H,5-7H2,1H3,(H,16,17)(H,18,19). The molecule has 1 aromatic rings. The predicted octanol–water partition coefficient (Wildman–Crippen LogP) is 1.74. The largest absolute Gasteiger partial charge is 0.480 e. The van der Waals surface area contributed by atoms with Crippen LogP contribution in [0.25, 0.3) is 0 Å². The number of hydrogen-bond donors (Lipinski definition) is 2. The maximum Gasteiger partial charge on any atom is 0.329 e. The lowest BCUT2D eigenvalue weighted by molar-refractivity contribution is -0.143. The lowest BCUT2D eigenvalue weighted by Gasteiger charge is -2.17. The van der Waals surface area contributed by atoms with Crippen molar-refractivity contribution < 1.29 is 19.1 Å². The predicted molar refractivity (Wildman–Crippen MR) is 67.0 cm³/mol. The summed E-state index contributed by atoms with van der Waals surface area (Å²) in [6.45, 7) is 1.71. The SMILES string of the molecule is CC(Cc1cccc(F)c1)C(=O)NC1(C(=O)O)CC1. The summed E-state index contributed by atoms with van der Waals surface area (Å²) in [6, 6.07) is 6.07. The highest BCUT2D eigenvalue weighted by molar-refractivity contribution is 5.90. The van der Waals surface area contributed by atoms with Crippen molar-refractivity contribution >= 4 is 11.9 Å². The van der Waals surface area contributed by atoms with Gasteiger partial charge in [0.2, 0.25) is 5.91 Å². The van der Waals surface area contributed by atoms with Crippen LogP contribution in [0.2, 0.25) is 0 Å². The fraction of sp³-hybridized carbons (Fsp3) is 0.429. The molecule has 102 valence electrons. The van der Waals surface area contributed by atoms with Crippen LogP contribution in [-0.4, -0.2) is 22.5 Å². The number of rotatable bonds is 5. The number of benzene rings is 1. The van der Waals surface area contributed by atoms with Gasteiger partial charge in [-0.3, -0.25) is 4.79 Å². The molecule has 1 amide bonds. The molecule has 2 N–H and O–H groups in total. The molecule has 0 aliphatic heterocycles. The fourth-order valence-electron chi connectivity index (χ4n) is 1.99. The van der Waals surface area contributed by atoms with Crippen molar-refractivity contribution in [2.75, 3.05) is 0 Å². The van der Waals surface area contributed by atoms with Gasteiger partial charge in [0, 0.05) is 5.92 Å². The van der Waals surface area contributed by atoms with E-state index in [9.17, 15) is 14.0 Å².